The van der Waals surface area contributed by atoms with E-state index in [1.807, 2.05) is 16.8 Å². The highest BCUT2D eigenvalue weighted by Crippen LogP contribution is 2.42. The Morgan fingerprint density at radius 3 is 2.68 bits per heavy atom. The number of hydrogen-bond donors (Lipinski definition) is 1. The van der Waals surface area contributed by atoms with Crippen LogP contribution in [0, 0.1) is 11.8 Å². The maximum atomic E-state index is 12.5. The van der Waals surface area contributed by atoms with Crippen LogP contribution < -0.4 is 14.8 Å². The Morgan fingerprint density at radius 2 is 2.00 bits per heavy atom. The molecule has 0 unspecified atom stereocenters. The number of rotatable bonds is 12. The van der Waals surface area contributed by atoms with Crippen LogP contribution in [0.2, 0.25) is 25.7 Å². The lowest BCUT2D eigenvalue weighted by atomic mass is 10.1. The van der Waals surface area contributed by atoms with Gasteiger partial charge in [0.05, 0.1) is 7.11 Å². The fourth-order valence-electron chi connectivity index (χ4n) is 4.13. The topological polar surface area (TPSA) is 117 Å². The van der Waals surface area contributed by atoms with Gasteiger partial charge in [-0.1, -0.05) is 19.6 Å². The Bertz CT molecular complexity index is 1320. The van der Waals surface area contributed by atoms with Crippen LogP contribution in [0.25, 0.3) is 22.2 Å². The minimum Gasteiger partial charge on any atom is -0.480 e. The van der Waals surface area contributed by atoms with E-state index in [0.29, 0.717) is 48.5 Å². The normalized spacial score (nSPS) is 19.0. The number of aromatic nitrogens is 4. The Morgan fingerprint density at radius 1 is 1.22 bits per heavy atom. The minimum absolute atomic E-state index is 0.147. The number of hydrogen-bond acceptors (Lipinski definition) is 8. The van der Waals surface area contributed by atoms with Crippen LogP contribution in [-0.4, -0.2) is 59.6 Å². The Kier molecular flexibility index (Phi) is 7.00. The summed E-state index contributed by atoms with van der Waals surface area (Å²) in [5, 5.41) is 3.69. The average molecular weight is 524 g/mol. The molecule has 0 radical (unpaired) electrons. The molecule has 3 heterocycles. The highest BCUT2D eigenvalue weighted by atomic mass is 28.3. The number of carbonyl (C=O) groups is 2. The number of carbonyl (C=O) groups excluding carboxylic acids is 2. The second-order valence-corrected chi connectivity index (χ2v) is 16.6. The third-order valence-electron chi connectivity index (χ3n) is 6.59. The molecule has 0 aliphatic heterocycles. The number of pyridine rings is 1. The molecule has 0 bridgehead atoms. The van der Waals surface area contributed by atoms with Gasteiger partial charge in [0.2, 0.25) is 17.7 Å². The molecular weight excluding hydrogens is 490 g/mol. The molecule has 3 aromatic rings. The summed E-state index contributed by atoms with van der Waals surface area (Å²) in [6.07, 6.45) is 6.95. The van der Waals surface area contributed by atoms with Crippen LogP contribution in [0.4, 0.5) is 5.82 Å². The lowest BCUT2D eigenvalue weighted by Gasteiger charge is -2.15. The van der Waals surface area contributed by atoms with Gasteiger partial charge in [0.15, 0.2) is 0 Å². The van der Waals surface area contributed by atoms with E-state index in [2.05, 4.69) is 34.9 Å². The number of amides is 1. The van der Waals surface area contributed by atoms with Crippen molar-refractivity contribution < 1.29 is 23.8 Å². The third-order valence-corrected chi connectivity index (χ3v) is 8.30. The van der Waals surface area contributed by atoms with Crippen molar-refractivity contribution in [1.82, 2.24) is 19.5 Å². The highest BCUT2D eigenvalue weighted by Gasteiger charge is 2.43. The van der Waals surface area contributed by atoms with Crippen molar-refractivity contribution in [1.29, 1.82) is 0 Å². The van der Waals surface area contributed by atoms with E-state index in [-0.39, 0.29) is 23.8 Å². The van der Waals surface area contributed by atoms with E-state index in [0.717, 1.165) is 36.1 Å². The molecule has 1 N–H and O–H groups in total. The quantitative estimate of drug-likeness (QED) is 0.214. The zero-order valence-corrected chi connectivity index (χ0v) is 22.7. The van der Waals surface area contributed by atoms with Crippen LogP contribution in [0.1, 0.15) is 19.3 Å². The van der Waals surface area contributed by atoms with E-state index >= 15 is 0 Å². The van der Waals surface area contributed by atoms with Gasteiger partial charge in [-0.05, 0) is 37.4 Å². The molecule has 2 fully saturated rings. The van der Waals surface area contributed by atoms with Gasteiger partial charge in [0.25, 0.3) is 0 Å². The van der Waals surface area contributed by atoms with Gasteiger partial charge in [0.1, 0.15) is 42.5 Å². The number of aldehydes is 1. The molecule has 0 aromatic carbocycles. The zero-order chi connectivity index (χ0) is 26.2. The van der Waals surface area contributed by atoms with Crippen molar-refractivity contribution in [2.24, 2.45) is 11.8 Å². The van der Waals surface area contributed by atoms with Gasteiger partial charge in [-0.25, -0.2) is 15.0 Å². The Hall–Kier alpha value is -3.31. The zero-order valence-electron chi connectivity index (χ0n) is 21.7. The smallest absolute Gasteiger partial charge is 0.229 e. The monoisotopic (exact) mass is 523 g/mol. The molecule has 1 amide bonds. The summed E-state index contributed by atoms with van der Waals surface area (Å²) in [6.45, 7) is 7.90. The molecule has 2 aliphatic carbocycles. The van der Waals surface area contributed by atoms with Crippen LogP contribution in [-0.2, 0) is 21.1 Å². The molecule has 0 saturated heterocycles. The number of nitrogens with one attached hydrogen (secondary N) is 1. The fraction of sp³-hybridized carbons (Fsp3) is 0.500. The SMILES string of the molecule is COc1ncnc(OC2CC2)c1-c1cn(COCC[Si](C)(C)C)c2nc(NC(=O)[C@H]3C[C@@H]3C=O)ccc12. The third kappa shape index (κ3) is 5.83. The number of anilines is 1. The minimum atomic E-state index is -1.24. The Labute approximate surface area is 216 Å². The molecule has 2 saturated carbocycles. The Balaban J connectivity index is 1.51. The van der Waals surface area contributed by atoms with Crippen molar-refractivity contribution in [2.45, 2.75) is 57.8 Å². The molecular formula is C26H33N5O5Si. The van der Waals surface area contributed by atoms with Gasteiger partial charge < -0.3 is 28.9 Å². The average Bonchev–Trinajstić information content (AvgIpc) is 3.79. The van der Waals surface area contributed by atoms with Crippen LogP contribution in [0.5, 0.6) is 11.8 Å². The molecule has 196 valence electrons. The summed E-state index contributed by atoms with van der Waals surface area (Å²) < 4.78 is 19.7. The first-order valence-corrected chi connectivity index (χ1v) is 16.4. The number of nitrogens with zero attached hydrogens (tertiary/aromatic N) is 4. The molecule has 2 atom stereocenters. The van der Waals surface area contributed by atoms with Crippen molar-refractivity contribution >= 4 is 37.1 Å². The summed E-state index contributed by atoms with van der Waals surface area (Å²) in [7, 11) is 0.332. The van der Waals surface area contributed by atoms with E-state index in [9.17, 15) is 9.59 Å². The predicted molar refractivity (Wildman–Crippen MR) is 141 cm³/mol. The van der Waals surface area contributed by atoms with Gasteiger partial charge in [0, 0.05) is 43.7 Å². The molecule has 10 nitrogen and oxygen atoms in total. The lowest BCUT2D eigenvalue weighted by molar-refractivity contribution is -0.119. The van der Waals surface area contributed by atoms with Crippen molar-refractivity contribution in [3.63, 3.8) is 0 Å². The molecule has 3 aromatic heterocycles. The van der Waals surface area contributed by atoms with Crippen molar-refractivity contribution in [3.05, 3.63) is 24.7 Å². The first-order valence-electron chi connectivity index (χ1n) is 12.7. The van der Waals surface area contributed by atoms with E-state index in [1.54, 1.807) is 13.2 Å². The van der Waals surface area contributed by atoms with Gasteiger partial charge >= 0.3 is 0 Å². The van der Waals surface area contributed by atoms with Crippen molar-refractivity contribution in [3.8, 4) is 22.9 Å². The molecule has 37 heavy (non-hydrogen) atoms. The van der Waals surface area contributed by atoms with E-state index in [4.69, 9.17) is 19.2 Å². The largest absolute Gasteiger partial charge is 0.480 e. The summed E-state index contributed by atoms with van der Waals surface area (Å²) >= 11 is 0. The fourth-order valence-corrected chi connectivity index (χ4v) is 4.89. The molecule has 5 rings (SSSR count). The molecule has 0 spiro atoms. The predicted octanol–water partition coefficient (Wildman–Crippen LogP) is 4.13. The van der Waals surface area contributed by atoms with Crippen LogP contribution >= 0.6 is 0 Å². The summed E-state index contributed by atoms with van der Waals surface area (Å²) in [6, 6.07) is 4.71. The first kappa shape index (κ1) is 25.3. The van der Waals surface area contributed by atoms with Gasteiger partial charge in [-0.2, -0.15) is 0 Å². The standard InChI is InChI=1S/C26H33N5O5Si/c1-34-25-22(26(28-14-27-25)36-17-5-6-17)20-12-31(15-35-9-10-37(2,3)4)23-18(20)7-8-21(29-23)30-24(33)19-11-16(19)13-32/h7-8,12-14,16-17,19H,5-6,9-11,15H2,1-4H3,(H,29,30,33)/t16-,19+/m1/s1. The first-order chi connectivity index (χ1) is 17.8. The second kappa shape index (κ2) is 10.2. The summed E-state index contributed by atoms with van der Waals surface area (Å²) in [4.78, 5) is 37.0. The maximum absolute atomic E-state index is 12.5. The number of ether oxygens (including phenoxy) is 3. The van der Waals surface area contributed by atoms with Gasteiger partial charge in [-0.3, -0.25) is 4.79 Å². The number of methoxy groups -OCH3 is 1. The summed E-state index contributed by atoms with van der Waals surface area (Å²) in [5.41, 5.74) is 2.12. The highest BCUT2D eigenvalue weighted by molar-refractivity contribution is 6.76. The lowest BCUT2D eigenvalue weighted by Crippen LogP contribution is -2.22. The van der Waals surface area contributed by atoms with Crippen molar-refractivity contribution in [2.75, 3.05) is 19.0 Å². The molecule has 2 aliphatic rings. The number of fused-ring (bicyclic) bond motifs is 1. The van der Waals surface area contributed by atoms with Gasteiger partial charge in [-0.15, -0.1) is 0 Å². The second-order valence-electron chi connectivity index (χ2n) is 10.9. The van der Waals surface area contributed by atoms with E-state index < -0.39 is 8.07 Å². The van der Waals surface area contributed by atoms with Crippen LogP contribution in [0.3, 0.4) is 0 Å². The van der Waals surface area contributed by atoms with Crippen LogP contribution in [0.15, 0.2) is 24.7 Å². The maximum Gasteiger partial charge on any atom is 0.229 e. The summed E-state index contributed by atoms with van der Waals surface area (Å²) in [5.74, 6) is 0.638. The molecule has 11 heteroatoms. The van der Waals surface area contributed by atoms with E-state index in [1.165, 1.54) is 6.33 Å².